The number of morpholine rings is 1. The maximum Gasteiger partial charge on any atom is 0.0726 e. The van der Waals surface area contributed by atoms with E-state index in [1.54, 1.807) is 0 Å². The number of halogens is 1. The van der Waals surface area contributed by atoms with Crippen LogP contribution in [0.1, 0.15) is 26.3 Å². The van der Waals surface area contributed by atoms with Gasteiger partial charge in [0.1, 0.15) is 0 Å². The van der Waals surface area contributed by atoms with Crippen LogP contribution in [0.25, 0.3) is 0 Å². The summed E-state index contributed by atoms with van der Waals surface area (Å²) in [6.07, 6.45) is 1.45. The summed E-state index contributed by atoms with van der Waals surface area (Å²) in [4.78, 5) is 2.42. The number of nitrogens with two attached hydrogens (primary N) is 1. The van der Waals surface area contributed by atoms with Gasteiger partial charge in [0.15, 0.2) is 0 Å². The van der Waals surface area contributed by atoms with E-state index in [1.165, 1.54) is 11.3 Å². The molecule has 0 aliphatic carbocycles. The zero-order chi connectivity index (χ0) is 14.0. The highest BCUT2D eigenvalue weighted by molar-refractivity contribution is 9.10. The summed E-state index contributed by atoms with van der Waals surface area (Å²) in [6.45, 7) is 8.20. The average molecular weight is 327 g/mol. The second-order valence-electron chi connectivity index (χ2n) is 5.62. The van der Waals surface area contributed by atoms with Crippen molar-refractivity contribution in [3.8, 4) is 0 Å². The van der Waals surface area contributed by atoms with E-state index < -0.39 is 0 Å². The van der Waals surface area contributed by atoms with Crippen molar-refractivity contribution in [3.05, 3.63) is 28.2 Å². The summed E-state index contributed by atoms with van der Waals surface area (Å²) >= 11 is 3.55. The molecule has 19 heavy (non-hydrogen) atoms. The molecule has 3 nitrogen and oxygen atoms in total. The highest BCUT2D eigenvalue weighted by Crippen LogP contribution is 2.28. The zero-order valence-corrected chi connectivity index (χ0v) is 13.5. The SMILES string of the molecule is CC(N)Cc1cc(Br)ccc1N1C[C@@H](C)O[C@@H](C)C1. The summed E-state index contributed by atoms with van der Waals surface area (Å²) in [5.41, 5.74) is 8.57. The fourth-order valence-corrected chi connectivity index (χ4v) is 3.16. The van der Waals surface area contributed by atoms with Gasteiger partial charge in [-0.15, -0.1) is 0 Å². The third-order valence-electron chi connectivity index (χ3n) is 3.34. The van der Waals surface area contributed by atoms with E-state index in [-0.39, 0.29) is 18.2 Å². The van der Waals surface area contributed by atoms with Crippen molar-refractivity contribution in [2.75, 3.05) is 18.0 Å². The van der Waals surface area contributed by atoms with Crippen molar-refractivity contribution < 1.29 is 4.74 Å². The average Bonchev–Trinajstić information content (AvgIpc) is 2.26. The fraction of sp³-hybridized carbons (Fsp3) is 0.600. The van der Waals surface area contributed by atoms with Gasteiger partial charge in [0.25, 0.3) is 0 Å². The number of hydrogen-bond acceptors (Lipinski definition) is 3. The third kappa shape index (κ3) is 3.94. The van der Waals surface area contributed by atoms with E-state index in [4.69, 9.17) is 10.5 Å². The van der Waals surface area contributed by atoms with Crippen molar-refractivity contribution >= 4 is 21.6 Å². The smallest absolute Gasteiger partial charge is 0.0726 e. The van der Waals surface area contributed by atoms with E-state index in [1.807, 2.05) is 0 Å². The van der Waals surface area contributed by atoms with Crippen molar-refractivity contribution in [1.82, 2.24) is 0 Å². The van der Waals surface area contributed by atoms with Gasteiger partial charge >= 0.3 is 0 Å². The molecule has 1 fully saturated rings. The van der Waals surface area contributed by atoms with Gasteiger partial charge < -0.3 is 15.4 Å². The summed E-state index contributed by atoms with van der Waals surface area (Å²) in [6, 6.07) is 6.64. The Labute approximate surface area is 124 Å². The molecule has 0 amide bonds. The molecule has 4 heteroatoms. The van der Waals surface area contributed by atoms with Crippen molar-refractivity contribution in [1.29, 1.82) is 0 Å². The monoisotopic (exact) mass is 326 g/mol. The standard InChI is InChI=1S/C15H23BrN2O/c1-10(17)6-13-7-14(16)4-5-15(13)18-8-11(2)19-12(3)9-18/h4-5,7,10-12H,6,8-9,17H2,1-3H3/t10?,11-,12+. The molecule has 1 aromatic carbocycles. The van der Waals surface area contributed by atoms with Gasteiger partial charge in [0, 0.05) is 29.3 Å². The summed E-state index contributed by atoms with van der Waals surface area (Å²) in [7, 11) is 0. The van der Waals surface area contributed by atoms with Gasteiger partial charge in [-0.2, -0.15) is 0 Å². The second-order valence-corrected chi connectivity index (χ2v) is 6.53. The zero-order valence-electron chi connectivity index (χ0n) is 11.9. The molecule has 1 aromatic rings. The van der Waals surface area contributed by atoms with Crippen LogP contribution in [0.4, 0.5) is 5.69 Å². The molecule has 0 radical (unpaired) electrons. The summed E-state index contributed by atoms with van der Waals surface area (Å²) < 4.78 is 6.92. The lowest BCUT2D eigenvalue weighted by atomic mass is 10.0. The minimum absolute atomic E-state index is 0.170. The molecule has 106 valence electrons. The molecule has 1 unspecified atom stereocenters. The predicted octanol–water partition coefficient (Wildman–Crippen LogP) is 2.95. The van der Waals surface area contributed by atoms with Crippen LogP contribution in [0.3, 0.4) is 0 Å². The van der Waals surface area contributed by atoms with Crippen LogP contribution in [0.15, 0.2) is 22.7 Å². The molecule has 0 spiro atoms. The van der Waals surface area contributed by atoms with Gasteiger partial charge in [0.2, 0.25) is 0 Å². The van der Waals surface area contributed by atoms with Crippen LogP contribution in [0.2, 0.25) is 0 Å². The maximum absolute atomic E-state index is 5.97. The Hall–Kier alpha value is -0.580. The number of benzene rings is 1. The Balaban J connectivity index is 2.27. The van der Waals surface area contributed by atoms with E-state index >= 15 is 0 Å². The number of rotatable bonds is 3. The molecular weight excluding hydrogens is 304 g/mol. The summed E-state index contributed by atoms with van der Waals surface area (Å²) in [5, 5.41) is 0. The molecule has 0 saturated carbocycles. The van der Waals surface area contributed by atoms with Crippen LogP contribution in [0, 0.1) is 0 Å². The molecule has 2 rings (SSSR count). The maximum atomic E-state index is 5.97. The highest BCUT2D eigenvalue weighted by atomic mass is 79.9. The van der Waals surface area contributed by atoms with Crippen LogP contribution in [-0.4, -0.2) is 31.3 Å². The number of hydrogen-bond donors (Lipinski definition) is 1. The Morgan fingerprint density at radius 2 is 2.00 bits per heavy atom. The van der Waals surface area contributed by atoms with E-state index in [0.717, 1.165) is 24.0 Å². The van der Waals surface area contributed by atoms with Gasteiger partial charge in [-0.05, 0) is 51.0 Å². The Bertz CT molecular complexity index is 426. The molecule has 0 aromatic heterocycles. The first kappa shape index (κ1) is 14.8. The molecule has 1 heterocycles. The molecule has 3 atom stereocenters. The molecule has 2 N–H and O–H groups in total. The van der Waals surface area contributed by atoms with Crippen LogP contribution in [0.5, 0.6) is 0 Å². The van der Waals surface area contributed by atoms with E-state index in [2.05, 4.69) is 59.8 Å². The Morgan fingerprint density at radius 1 is 1.37 bits per heavy atom. The number of anilines is 1. The second kappa shape index (κ2) is 6.25. The quantitative estimate of drug-likeness (QED) is 0.928. The largest absolute Gasteiger partial charge is 0.372 e. The van der Waals surface area contributed by atoms with Gasteiger partial charge in [-0.3, -0.25) is 0 Å². The Morgan fingerprint density at radius 3 is 2.58 bits per heavy atom. The first-order chi connectivity index (χ1) is 8.95. The lowest BCUT2D eigenvalue weighted by Gasteiger charge is -2.38. The molecule has 1 aliphatic rings. The Kier molecular flexibility index (Phi) is 4.87. The van der Waals surface area contributed by atoms with Crippen LogP contribution >= 0.6 is 15.9 Å². The predicted molar refractivity (Wildman–Crippen MR) is 83.7 cm³/mol. The van der Waals surface area contributed by atoms with Crippen molar-refractivity contribution in [2.24, 2.45) is 5.73 Å². The van der Waals surface area contributed by atoms with Gasteiger partial charge in [0.05, 0.1) is 12.2 Å². The minimum atomic E-state index is 0.170. The molecular formula is C15H23BrN2O. The van der Waals surface area contributed by atoms with Gasteiger partial charge in [-0.1, -0.05) is 15.9 Å². The van der Waals surface area contributed by atoms with Crippen LogP contribution in [-0.2, 0) is 11.2 Å². The highest BCUT2D eigenvalue weighted by Gasteiger charge is 2.24. The lowest BCUT2D eigenvalue weighted by molar-refractivity contribution is -0.00526. The van der Waals surface area contributed by atoms with Crippen molar-refractivity contribution in [3.63, 3.8) is 0 Å². The first-order valence-electron chi connectivity index (χ1n) is 6.90. The van der Waals surface area contributed by atoms with Crippen LogP contribution < -0.4 is 10.6 Å². The number of ether oxygens (including phenoxy) is 1. The fourth-order valence-electron chi connectivity index (χ4n) is 2.75. The van der Waals surface area contributed by atoms with E-state index in [0.29, 0.717) is 0 Å². The summed E-state index contributed by atoms with van der Waals surface area (Å²) in [5.74, 6) is 0. The molecule has 1 saturated heterocycles. The minimum Gasteiger partial charge on any atom is -0.372 e. The van der Waals surface area contributed by atoms with Crippen molar-refractivity contribution in [2.45, 2.75) is 45.4 Å². The first-order valence-corrected chi connectivity index (χ1v) is 7.69. The lowest BCUT2D eigenvalue weighted by Crippen LogP contribution is -2.46. The van der Waals surface area contributed by atoms with E-state index in [9.17, 15) is 0 Å². The topological polar surface area (TPSA) is 38.5 Å². The van der Waals surface area contributed by atoms with Gasteiger partial charge in [-0.25, -0.2) is 0 Å². The molecule has 1 aliphatic heterocycles. The number of nitrogens with zero attached hydrogens (tertiary/aromatic N) is 1. The third-order valence-corrected chi connectivity index (χ3v) is 3.84. The molecule has 0 bridgehead atoms. The normalized spacial score (nSPS) is 25.4.